The molecule has 2 aromatic carbocycles. The lowest BCUT2D eigenvalue weighted by atomic mass is 10.2. The van der Waals surface area contributed by atoms with Gasteiger partial charge in [0.25, 0.3) is 0 Å². The van der Waals surface area contributed by atoms with E-state index in [0.717, 1.165) is 0 Å². The molecule has 1 aliphatic rings. The number of methoxy groups -OCH3 is 1. The molecule has 0 saturated carbocycles. The van der Waals surface area contributed by atoms with Gasteiger partial charge >= 0.3 is 0 Å². The molecule has 1 amide bonds. The fraction of sp³-hybridized carbons (Fsp3) is 0.278. The second-order valence-corrected chi connectivity index (χ2v) is 7.88. The quantitative estimate of drug-likeness (QED) is 0.780. The minimum Gasteiger partial charge on any atom is -0.508 e. The van der Waals surface area contributed by atoms with Crippen LogP contribution < -0.4 is 10.1 Å². The molecule has 138 valence electrons. The zero-order valence-electron chi connectivity index (χ0n) is 14.3. The van der Waals surface area contributed by atoms with Crippen molar-refractivity contribution in [2.45, 2.75) is 23.8 Å². The Kier molecular flexibility index (Phi) is 5.15. The van der Waals surface area contributed by atoms with E-state index in [4.69, 9.17) is 4.74 Å². The summed E-state index contributed by atoms with van der Waals surface area (Å²) >= 11 is 0. The van der Waals surface area contributed by atoms with E-state index in [9.17, 15) is 18.3 Å². The van der Waals surface area contributed by atoms with Gasteiger partial charge in [0.1, 0.15) is 17.5 Å². The average molecular weight is 376 g/mol. The maximum atomic E-state index is 12.9. The van der Waals surface area contributed by atoms with E-state index < -0.39 is 16.1 Å². The van der Waals surface area contributed by atoms with Gasteiger partial charge in [-0.3, -0.25) is 4.79 Å². The van der Waals surface area contributed by atoms with Gasteiger partial charge in [0.15, 0.2) is 0 Å². The van der Waals surface area contributed by atoms with E-state index >= 15 is 0 Å². The topological polar surface area (TPSA) is 95.9 Å². The van der Waals surface area contributed by atoms with Gasteiger partial charge in [-0.1, -0.05) is 0 Å². The monoisotopic (exact) mass is 376 g/mol. The Morgan fingerprint density at radius 2 is 1.81 bits per heavy atom. The van der Waals surface area contributed by atoms with E-state index in [1.807, 2.05) is 0 Å². The van der Waals surface area contributed by atoms with Crippen molar-refractivity contribution in [2.24, 2.45) is 0 Å². The third-order valence-corrected chi connectivity index (χ3v) is 6.23. The number of phenolic OH excluding ortho intramolecular Hbond substituents is 1. The number of anilines is 1. The molecule has 0 aromatic heterocycles. The van der Waals surface area contributed by atoms with Crippen LogP contribution in [0.1, 0.15) is 12.8 Å². The SMILES string of the molecule is COc1ccc(S(=O)(=O)N2CCC[C@@H]2C(=O)Nc2ccc(O)cc2)cc1. The molecule has 3 rings (SSSR count). The lowest BCUT2D eigenvalue weighted by Gasteiger charge is -2.23. The van der Waals surface area contributed by atoms with Crippen LogP contribution in [-0.4, -0.2) is 43.4 Å². The summed E-state index contributed by atoms with van der Waals surface area (Å²) in [5.74, 6) is 0.268. The highest BCUT2D eigenvalue weighted by Gasteiger charge is 2.39. The van der Waals surface area contributed by atoms with Crippen molar-refractivity contribution in [3.8, 4) is 11.5 Å². The highest BCUT2D eigenvalue weighted by atomic mass is 32.2. The highest BCUT2D eigenvalue weighted by molar-refractivity contribution is 7.89. The summed E-state index contributed by atoms with van der Waals surface area (Å²) in [5, 5.41) is 12.0. The first kappa shape index (κ1) is 18.2. The van der Waals surface area contributed by atoms with Crippen molar-refractivity contribution >= 4 is 21.6 Å². The number of amides is 1. The molecule has 1 fully saturated rings. The lowest BCUT2D eigenvalue weighted by molar-refractivity contribution is -0.119. The normalized spacial score (nSPS) is 17.8. The molecule has 1 aliphatic heterocycles. The van der Waals surface area contributed by atoms with E-state index in [2.05, 4.69) is 5.32 Å². The van der Waals surface area contributed by atoms with Crippen molar-refractivity contribution in [1.82, 2.24) is 4.31 Å². The Balaban J connectivity index is 1.79. The highest BCUT2D eigenvalue weighted by Crippen LogP contribution is 2.28. The average Bonchev–Trinajstić information content (AvgIpc) is 3.14. The number of nitrogens with zero attached hydrogens (tertiary/aromatic N) is 1. The summed E-state index contributed by atoms with van der Waals surface area (Å²) in [5.41, 5.74) is 0.501. The molecule has 0 aliphatic carbocycles. The fourth-order valence-electron chi connectivity index (χ4n) is 2.94. The summed E-state index contributed by atoms with van der Waals surface area (Å²) in [6.45, 7) is 0.294. The maximum absolute atomic E-state index is 12.9. The summed E-state index contributed by atoms with van der Waals surface area (Å²) < 4.78 is 32.1. The Hall–Kier alpha value is -2.58. The Bertz CT molecular complexity index is 879. The van der Waals surface area contributed by atoms with Gasteiger partial charge in [-0.05, 0) is 61.4 Å². The zero-order chi connectivity index (χ0) is 18.7. The third-order valence-electron chi connectivity index (χ3n) is 4.31. The van der Waals surface area contributed by atoms with Crippen LogP contribution in [-0.2, 0) is 14.8 Å². The molecular weight excluding hydrogens is 356 g/mol. The number of rotatable bonds is 5. The van der Waals surface area contributed by atoms with Crippen LogP contribution in [0.25, 0.3) is 0 Å². The Labute approximate surface area is 152 Å². The van der Waals surface area contributed by atoms with Crippen molar-refractivity contribution in [2.75, 3.05) is 19.0 Å². The van der Waals surface area contributed by atoms with Gasteiger partial charge in [-0.15, -0.1) is 0 Å². The molecule has 1 heterocycles. The number of ether oxygens (including phenoxy) is 1. The summed E-state index contributed by atoms with van der Waals surface area (Å²) in [6, 6.07) is 11.4. The van der Waals surface area contributed by atoms with Crippen LogP contribution in [0, 0.1) is 0 Å². The molecule has 0 spiro atoms. The van der Waals surface area contributed by atoms with Gasteiger partial charge in [-0.25, -0.2) is 8.42 Å². The first-order valence-corrected chi connectivity index (χ1v) is 9.61. The lowest BCUT2D eigenvalue weighted by Crippen LogP contribution is -2.43. The molecule has 0 bridgehead atoms. The van der Waals surface area contributed by atoms with Gasteiger partial charge in [0, 0.05) is 12.2 Å². The number of hydrogen-bond donors (Lipinski definition) is 2. The molecular formula is C18H20N2O5S. The van der Waals surface area contributed by atoms with Crippen LogP contribution in [0.2, 0.25) is 0 Å². The fourth-order valence-corrected chi connectivity index (χ4v) is 4.60. The molecule has 0 unspecified atom stereocenters. The standard InChI is InChI=1S/C18H20N2O5S/c1-25-15-8-10-16(11-9-15)26(23,24)20-12-2-3-17(20)18(22)19-13-4-6-14(21)7-5-13/h4-11,17,21H,2-3,12H2,1H3,(H,19,22)/t17-/m1/s1. The van der Waals surface area contributed by atoms with Crippen LogP contribution in [0.5, 0.6) is 11.5 Å². The minimum atomic E-state index is -3.78. The minimum absolute atomic E-state index is 0.0903. The van der Waals surface area contributed by atoms with Crippen LogP contribution >= 0.6 is 0 Å². The van der Waals surface area contributed by atoms with E-state index in [0.29, 0.717) is 30.8 Å². The number of carbonyl (C=O) groups excluding carboxylic acids is 1. The van der Waals surface area contributed by atoms with E-state index in [1.54, 1.807) is 24.3 Å². The number of hydrogen-bond acceptors (Lipinski definition) is 5. The second-order valence-electron chi connectivity index (χ2n) is 5.99. The van der Waals surface area contributed by atoms with Crippen molar-refractivity contribution in [1.29, 1.82) is 0 Å². The number of sulfonamides is 1. The summed E-state index contributed by atoms with van der Waals surface area (Å²) in [4.78, 5) is 12.7. The van der Waals surface area contributed by atoms with Crippen molar-refractivity contribution in [3.63, 3.8) is 0 Å². The van der Waals surface area contributed by atoms with E-state index in [1.165, 1.54) is 35.7 Å². The molecule has 26 heavy (non-hydrogen) atoms. The van der Waals surface area contributed by atoms with Gasteiger partial charge in [0.2, 0.25) is 15.9 Å². The summed E-state index contributed by atoms with van der Waals surface area (Å²) in [6.07, 6.45) is 1.07. The molecule has 0 radical (unpaired) electrons. The predicted molar refractivity (Wildman–Crippen MR) is 96.6 cm³/mol. The van der Waals surface area contributed by atoms with Crippen LogP contribution in [0.15, 0.2) is 53.4 Å². The van der Waals surface area contributed by atoms with Crippen molar-refractivity contribution < 1.29 is 23.1 Å². The van der Waals surface area contributed by atoms with Gasteiger partial charge in [0.05, 0.1) is 12.0 Å². The van der Waals surface area contributed by atoms with Crippen molar-refractivity contribution in [3.05, 3.63) is 48.5 Å². The number of benzene rings is 2. The third kappa shape index (κ3) is 3.66. The van der Waals surface area contributed by atoms with Gasteiger partial charge in [-0.2, -0.15) is 4.31 Å². The largest absolute Gasteiger partial charge is 0.508 e. The molecule has 8 heteroatoms. The number of nitrogens with one attached hydrogen (secondary N) is 1. The molecule has 2 aromatic rings. The summed E-state index contributed by atoms with van der Waals surface area (Å²) in [7, 11) is -2.27. The second kappa shape index (κ2) is 7.35. The van der Waals surface area contributed by atoms with E-state index in [-0.39, 0.29) is 16.6 Å². The smallest absolute Gasteiger partial charge is 0.243 e. The number of phenols is 1. The molecule has 1 atom stereocenters. The Morgan fingerprint density at radius 1 is 1.15 bits per heavy atom. The predicted octanol–water partition coefficient (Wildman–Crippen LogP) is 2.19. The number of aromatic hydroxyl groups is 1. The number of carbonyl (C=O) groups is 1. The van der Waals surface area contributed by atoms with Crippen LogP contribution in [0.4, 0.5) is 5.69 Å². The first-order valence-electron chi connectivity index (χ1n) is 8.17. The van der Waals surface area contributed by atoms with Gasteiger partial charge < -0.3 is 15.2 Å². The first-order chi connectivity index (χ1) is 12.4. The molecule has 7 nitrogen and oxygen atoms in total. The zero-order valence-corrected chi connectivity index (χ0v) is 15.1. The molecule has 1 saturated heterocycles. The van der Waals surface area contributed by atoms with Crippen LogP contribution in [0.3, 0.4) is 0 Å². The maximum Gasteiger partial charge on any atom is 0.243 e. The Morgan fingerprint density at radius 3 is 2.42 bits per heavy atom. The molecule has 2 N–H and O–H groups in total.